The summed E-state index contributed by atoms with van der Waals surface area (Å²) in [5.41, 5.74) is 11.3. The van der Waals surface area contributed by atoms with E-state index in [1.807, 2.05) is 49.4 Å². The molecule has 0 aliphatic carbocycles. The van der Waals surface area contributed by atoms with Crippen molar-refractivity contribution in [3.05, 3.63) is 65.4 Å². The molecule has 0 unspecified atom stereocenters. The number of benzene rings is 2. The second kappa shape index (κ2) is 5.62. The van der Waals surface area contributed by atoms with Gasteiger partial charge in [-0.15, -0.1) is 0 Å². The molecule has 6 heteroatoms. The van der Waals surface area contributed by atoms with Crippen LogP contribution in [0.5, 0.6) is 0 Å². The van der Waals surface area contributed by atoms with Gasteiger partial charge in [0.05, 0.1) is 11.3 Å². The van der Waals surface area contributed by atoms with Gasteiger partial charge in [0, 0.05) is 10.6 Å². The Bertz CT molecular complexity index is 1020. The standard InChI is InChI=1S/C18H14ClN5/c1-11-7-13(9-14(19)8-11)15-16(12-5-3-2-4-6-12)23-18(20)24-17(15)21-10-22-24/h2-10H,1H3,(H2,20,23). The van der Waals surface area contributed by atoms with Crippen molar-refractivity contribution in [3.8, 4) is 22.4 Å². The highest BCUT2D eigenvalue weighted by molar-refractivity contribution is 6.31. The number of nitrogens with two attached hydrogens (primary N) is 1. The molecule has 24 heavy (non-hydrogen) atoms. The summed E-state index contributed by atoms with van der Waals surface area (Å²) >= 11 is 6.27. The van der Waals surface area contributed by atoms with E-state index in [4.69, 9.17) is 17.3 Å². The molecule has 2 N–H and O–H groups in total. The number of anilines is 1. The van der Waals surface area contributed by atoms with E-state index >= 15 is 0 Å². The number of nitrogen functional groups attached to an aromatic ring is 1. The molecule has 0 aliphatic heterocycles. The summed E-state index contributed by atoms with van der Waals surface area (Å²) in [6.07, 6.45) is 1.48. The second-order valence-electron chi connectivity index (χ2n) is 5.57. The zero-order valence-corrected chi connectivity index (χ0v) is 13.7. The van der Waals surface area contributed by atoms with Gasteiger partial charge in [0.25, 0.3) is 0 Å². The highest BCUT2D eigenvalue weighted by Gasteiger charge is 2.18. The molecule has 0 radical (unpaired) electrons. The molecule has 0 spiro atoms. The lowest BCUT2D eigenvalue weighted by Crippen LogP contribution is -2.05. The van der Waals surface area contributed by atoms with E-state index in [-0.39, 0.29) is 0 Å². The average molecular weight is 336 g/mol. The third-order valence-corrected chi connectivity index (χ3v) is 4.05. The quantitative estimate of drug-likeness (QED) is 0.601. The number of halogens is 1. The van der Waals surface area contributed by atoms with Crippen molar-refractivity contribution in [2.75, 3.05) is 5.73 Å². The van der Waals surface area contributed by atoms with Gasteiger partial charge in [-0.25, -0.2) is 9.97 Å². The zero-order valence-electron chi connectivity index (χ0n) is 12.9. The Morgan fingerprint density at radius 2 is 1.83 bits per heavy atom. The highest BCUT2D eigenvalue weighted by atomic mass is 35.5. The number of rotatable bonds is 2. The third kappa shape index (κ3) is 2.39. The van der Waals surface area contributed by atoms with E-state index in [2.05, 4.69) is 21.1 Å². The topological polar surface area (TPSA) is 69.1 Å². The van der Waals surface area contributed by atoms with Crippen molar-refractivity contribution in [1.82, 2.24) is 19.6 Å². The first-order chi connectivity index (χ1) is 11.6. The number of nitrogens with zero attached hydrogens (tertiary/aromatic N) is 4. The van der Waals surface area contributed by atoms with Crippen LogP contribution < -0.4 is 5.73 Å². The van der Waals surface area contributed by atoms with Crippen molar-refractivity contribution >= 4 is 23.2 Å². The fourth-order valence-corrected chi connectivity index (χ4v) is 3.14. The summed E-state index contributed by atoms with van der Waals surface area (Å²) in [6.45, 7) is 2.00. The van der Waals surface area contributed by atoms with E-state index in [0.717, 1.165) is 27.9 Å². The van der Waals surface area contributed by atoms with Gasteiger partial charge < -0.3 is 5.73 Å². The van der Waals surface area contributed by atoms with Gasteiger partial charge in [-0.2, -0.15) is 9.61 Å². The van der Waals surface area contributed by atoms with Crippen LogP contribution in [0.1, 0.15) is 5.56 Å². The molecule has 118 valence electrons. The molecule has 2 aromatic carbocycles. The van der Waals surface area contributed by atoms with Crippen LogP contribution in [0.3, 0.4) is 0 Å². The number of aromatic nitrogens is 4. The van der Waals surface area contributed by atoms with Gasteiger partial charge >= 0.3 is 0 Å². The monoisotopic (exact) mass is 335 g/mol. The molecule has 0 atom stereocenters. The smallest absolute Gasteiger partial charge is 0.223 e. The first kappa shape index (κ1) is 14.7. The summed E-state index contributed by atoms with van der Waals surface area (Å²) in [6, 6.07) is 15.8. The van der Waals surface area contributed by atoms with Gasteiger partial charge in [0.1, 0.15) is 6.33 Å². The Balaban J connectivity index is 2.12. The number of hydrogen-bond donors (Lipinski definition) is 1. The second-order valence-corrected chi connectivity index (χ2v) is 6.01. The highest BCUT2D eigenvalue weighted by Crippen LogP contribution is 2.35. The van der Waals surface area contributed by atoms with Gasteiger partial charge in [-0.05, 0) is 30.2 Å². The van der Waals surface area contributed by atoms with Gasteiger partial charge in [0.2, 0.25) is 5.95 Å². The van der Waals surface area contributed by atoms with Crippen LogP contribution in [0.2, 0.25) is 5.02 Å². The molecule has 0 saturated carbocycles. The molecule has 0 bridgehead atoms. The van der Waals surface area contributed by atoms with Crippen molar-refractivity contribution < 1.29 is 0 Å². The number of fused-ring (bicyclic) bond motifs is 1. The lowest BCUT2D eigenvalue weighted by Gasteiger charge is -2.13. The Kier molecular flexibility index (Phi) is 3.43. The minimum absolute atomic E-state index is 0.295. The molecule has 0 amide bonds. The normalized spacial score (nSPS) is 11.1. The van der Waals surface area contributed by atoms with Gasteiger partial charge in [0.15, 0.2) is 5.65 Å². The SMILES string of the molecule is Cc1cc(Cl)cc(-c2c(-c3ccccc3)nc(N)n3ncnc23)c1. The first-order valence-corrected chi connectivity index (χ1v) is 7.83. The Morgan fingerprint density at radius 1 is 1.04 bits per heavy atom. The largest absolute Gasteiger partial charge is 0.368 e. The molecule has 4 aromatic rings. The first-order valence-electron chi connectivity index (χ1n) is 7.45. The van der Waals surface area contributed by atoms with Crippen LogP contribution in [0.4, 0.5) is 5.95 Å². The molecule has 2 heterocycles. The predicted molar refractivity (Wildman–Crippen MR) is 95.8 cm³/mol. The van der Waals surface area contributed by atoms with E-state index in [1.165, 1.54) is 10.8 Å². The van der Waals surface area contributed by atoms with E-state index < -0.39 is 0 Å². The minimum Gasteiger partial charge on any atom is -0.368 e. The predicted octanol–water partition coefficient (Wildman–Crippen LogP) is 4.00. The molecule has 0 aliphatic rings. The molecule has 4 rings (SSSR count). The maximum atomic E-state index is 6.27. The van der Waals surface area contributed by atoms with Gasteiger partial charge in [-0.3, -0.25) is 0 Å². The summed E-state index contributed by atoms with van der Waals surface area (Å²) in [5, 5.41) is 4.83. The van der Waals surface area contributed by atoms with Crippen molar-refractivity contribution in [3.63, 3.8) is 0 Å². The Labute approximate surface area is 143 Å². The van der Waals surface area contributed by atoms with Crippen LogP contribution in [0, 0.1) is 6.92 Å². The minimum atomic E-state index is 0.295. The summed E-state index contributed by atoms with van der Waals surface area (Å²) in [7, 11) is 0. The van der Waals surface area contributed by atoms with Crippen LogP contribution in [0.25, 0.3) is 28.0 Å². The fourth-order valence-electron chi connectivity index (χ4n) is 2.85. The maximum absolute atomic E-state index is 6.27. The summed E-state index contributed by atoms with van der Waals surface area (Å²) in [5.74, 6) is 0.295. The third-order valence-electron chi connectivity index (χ3n) is 3.83. The summed E-state index contributed by atoms with van der Waals surface area (Å²) in [4.78, 5) is 8.96. The number of hydrogen-bond acceptors (Lipinski definition) is 4. The molecular formula is C18H14ClN5. The van der Waals surface area contributed by atoms with Crippen molar-refractivity contribution in [2.24, 2.45) is 0 Å². The van der Waals surface area contributed by atoms with Crippen LogP contribution in [-0.2, 0) is 0 Å². The Hall–Kier alpha value is -2.92. The number of aryl methyl sites for hydroxylation is 1. The molecular weight excluding hydrogens is 322 g/mol. The molecule has 5 nitrogen and oxygen atoms in total. The maximum Gasteiger partial charge on any atom is 0.223 e. The lowest BCUT2D eigenvalue weighted by molar-refractivity contribution is 0.942. The molecule has 0 saturated heterocycles. The van der Waals surface area contributed by atoms with Crippen molar-refractivity contribution in [1.29, 1.82) is 0 Å². The van der Waals surface area contributed by atoms with Crippen molar-refractivity contribution in [2.45, 2.75) is 6.92 Å². The average Bonchev–Trinajstić information content (AvgIpc) is 3.04. The van der Waals surface area contributed by atoms with Gasteiger partial charge in [-0.1, -0.05) is 48.0 Å². The summed E-state index contributed by atoms with van der Waals surface area (Å²) < 4.78 is 1.54. The van der Waals surface area contributed by atoms with Crippen LogP contribution >= 0.6 is 11.6 Å². The van der Waals surface area contributed by atoms with E-state index in [1.54, 1.807) is 0 Å². The zero-order chi connectivity index (χ0) is 16.7. The fraction of sp³-hybridized carbons (Fsp3) is 0.0556. The van der Waals surface area contributed by atoms with E-state index in [0.29, 0.717) is 16.6 Å². The lowest BCUT2D eigenvalue weighted by atomic mass is 9.99. The molecule has 0 fully saturated rings. The van der Waals surface area contributed by atoms with Crippen LogP contribution in [0.15, 0.2) is 54.9 Å². The Morgan fingerprint density at radius 3 is 2.58 bits per heavy atom. The van der Waals surface area contributed by atoms with E-state index in [9.17, 15) is 0 Å². The molecule has 2 aromatic heterocycles. The van der Waals surface area contributed by atoms with Crippen LogP contribution in [-0.4, -0.2) is 19.6 Å².